The molecule has 0 aliphatic heterocycles. The molecule has 0 unspecified atom stereocenters. The minimum Gasteiger partial charge on any atom is -0.465 e. The third kappa shape index (κ3) is 3.65. The van der Waals surface area contributed by atoms with Gasteiger partial charge < -0.3 is 9.47 Å². The minimum absolute atomic E-state index is 0.0286. The summed E-state index contributed by atoms with van der Waals surface area (Å²) in [5.74, 6) is -0.508. The van der Waals surface area contributed by atoms with Crippen LogP contribution in [0.1, 0.15) is 10.4 Å². The second-order valence-corrected chi connectivity index (χ2v) is 5.07. The Morgan fingerprint density at radius 3 is 2.36 bits per heavy atom. The van der Waals surface area contributed by atoms with Crippen molar-refractivity contribution in [3.63, 3.8) is 0 Å². The maximum absolute atomic E-state index is 12.3. The second kappa shape index (κ2) is 7.12. The molecule has 0 saturated heterocycles. The van der Waals surface area contributed by atoms with Crippen LogP contribution in [0.2, 0.25) is 0 Å². The number of ether oxygens (including phenoxy) is 2. The zero-order chi connectivity index (χ0) is 17.8. The van der Waals surface area contributed by atoms with Crippen LogP contribution >= 0.6 is 0 Å². The Labute approximate surface area is 142 Å². The number of aromatic nitrogens is 2. The number of hydrogen-bond donors (Lipinski definition) is 0. The van der Waals surface area contributed by atoms with Crippen molar-refractivity contribution in [2.24, 2.45) is 0 Å². The third-order valence-electron chi connectivity index (χ3n) is 3.49. The van der Waals surface area contributed by atoms with Crippen LogP contribution in [0.5, 0.6) is 5.75 Å². The highest BCUT2D eigenvalue weighted by atomic mass is 19.3. The van der Waals surface area contributed by atoms with E-state index >= 15 is 0 Å². The van der Waals surface area contributed by atoms with Crippen molar-refractivity contribution in [3.05, 3.63) is 66.4 Å². The lowest BCUT2D eigenvalue weighted by Gasteiger charge is -2.05. The first-order valence-corrected chi connectivity index (χ1v) is 7.37. The van der Waals surface area contributed by atoms with E-state index in [1.54, 1.807) is 23.0 Å². The van der Waals surface area contributed by atoms with Crippen LogP contribution in [-0.4, -0.2) is 29.5 Å². The van der Waals surface area contributed by atoms with Crippen molar-refractivity contribution < 1.29 is 23.0 Å². The molecule has 0 bridgehead atoms. The maximum atomic E-state index is 12.3. The Morgan fingerprint density at radius 2 is 1.76 bits per heavy atom. The molecular formula is C18H14F2N2O3. The number of carbonyl (C=O) groups is 1. The predicted octanol–water partition coefficient (Wildman–Crippen LogP) is 3.93. The number of para-hydroxylation sites is 1. The summed E-state index contributed by atoms with van der Waals surface area (Å²) in [4.78, 5) is 12.1. The van der Waals surface area contributed by atoms with Gasteiger partial charge in [0.2, 0.25) is 0 Å². The molecule has 1 heterocycles. The van der Waals surface area contributed by atoms with Gasteiger partial charge in [-0.05, 0) is 36.4 Å². The van der Waals surface area contributed by atoms with Crippen LogP contribution in [0.25, 0.3) is 16.9 Å². The van der Waals surface area contributed by atoms with E-state index in [0.717, 1.165) is 5.69 Å². The molecule has 1 aromatic heterocycles. The van der Waals surface area contributed by atoms with Gasteiger partial charge in [-0.3, -0.25) is 0 Å². The average Bonchev–Trinajstić information content (AvgIpc) is 3.07. The Morgan fingerprint density at radius 1 is 1.08 bits per heavy atom. The Bertz CT molecular complexity index is 862. The molecule has 5 nitrogen and oxygen atoms in total. The lowest BCUT2D eigenvalue weighted by Crippen LogP contribution is -2.02. The van der Waals surface area contributed by atoms with E-state index in [0.29, 0.717) is 11.3 Å². The number of carbonyl (C=O) groups excluding carboxylic acids is 1. The van der Waals surface area contributed by atoms with Gasteiger partial charge in [0, 0.05) is 11.8 Å². The van der Waals surface area contributed by atoms with Gasteiger partial charge in [-0.25, -0.2) is 9.48 Å². The van der Waals surface area contributed by atoms with Crippen LogP contribution < -0.4 is 4.74 Å². The highest BCUT2D eigenvalue weighted by molar-refractivity contribution is 5.96. The molecule has 0 N–H and O–H groups in total. The number of nitrogens with zero attached hydrogens (tertiary/aromatic N) is 2. The summed E-state index contributed by atoms with van der Waals surface area (Å²) in [6, 6.07) is 15.2. The highest BCUT2D eigenvalue weighted by Crippen LogP contribution is 2.26. The first kappa shape index (κ1) is 16.6. The molecule has 0 amide bonds. The predicted molar refractivity (Wildman–Crippen MR) is 87.0 cm³/mol. The monoisotopic (exact) mass is 344 g/mol. The van der Waals surface area contributed by atoms with Crippen molar-refractivity contribution in [2.45, 2.75) is 6.61 Å². The first-order chi connectivity index (χ1) is 12.1. The zero-order valence-electron chi connectivity index (χ0n) is 13.2. The number of halogens is 2. The van der Waals surface area contributed by atoms with E-state index in [2.05, 4.69) is 9.84 Å². The molecule has 2 aromatic carbocycles. The molecule has 0 aliphatic carbocycles. The Balaban J connectivity index is 2.02. The largest absolute Gasteiger partial charge is 0.465 e. The Hall–Kier alpha value is -3.22. The summed E-state index contributed by atoms with van der Waals surface area (Å²) in [5, 5.41) is 4.44. The molecule has 0 saturated carbocycles. The summed E-state index contributed by atoms with van der Waals surface area (Å²) < 4.78 is 35.2. The van der Waals surface area contributed by atoms with E-state index < -0.39 is 12.6 Å². The van der Waals surface area contributed by atoms with Gasteiger partial charge in [-0.2, -0.15) is 13.9 Å². The minimum atomic E-state index is -2.89. The lowest BCUT2D eigenvalue weighted by molar-refractivity contribution is -0.0498. The van der Waals surface area contributed by atoms with E-state index in [1.807, 2.05) is 30.3 Å². The van der Waals surface area contributed by atoms with Gasteiger partial charge >= 0.3 is 12.6 Å². The number of hydrogen-bond acceptors (Lipinski definition) is 4. The van der Waals surface area contributed by atoms with Crippen LogP contribution in [0.4, 0.5) is 8.78 Å². The van der Waals surface area contributed by atoms with Crippen molar-refractivity contribution in [3.8, 4) is 22.7 Å². The number of methoxy groups -OCH3 is 1. The molecule has 3 aromatic rings. The summed E-state index contributed by atoms with van der Waals surface area (Å²) in [7, 11) is 1.28. The van der Waals surface area contributed by atoms with Gasteiger partial charge in [-0.1, -0.05) is 18.2 Å². The molecule has 0 spiro atoms. The summed E-state index contributed by atoms with van der Waals surface area (Å²) in [6.45, 7) is -2.89. The molecule has 25 heavy (non-hydrogen) atoms. The molecule has 128 valence electrons. The molecule has 0 radical (unpaired) electrons. The maximum Gasteiger partial charge on any atom is 0.387 e. The molecule has 0 fully saturated rings. The van der Waals surface area contributed by atoms with Crippen LogP contribution in [-0.2, 0) is 4.74 Å². The van der Waals surface area contributed by atoms with E-state index in [-0.39, 0.29) is 11.3 Å². The van der Waals surface area contributed by atoms with Gasteiger partial charge in [0.15, 0.2) is 0 Å². The topological polar surface area (TPSA) is 53.4 Å². The molecule has 0 atom stereocenters. The summed E-state index contributed by atoms with van der Waals surface area (Å²) >= 11 is 0. The van der Waals surface area contributed by atoms with Gasteiger partial charge in [0.25, 0.3) is 0 Å². The average molecular weight is 344 g/mol. The zero-order valence-corrected chi connectivity index (χ0v) is 13.2. The van der Waals surface area contributed by atoms with Gasteiger partial charge in [-0.15, -0.1) is 0 Å². The smallest absolute Gasteiger partial charge is 0.387 e. The standard InChI is InChI=1S/C18H14F2N2O3/c1-24-17(23)15-11-22(13-5-3-2-4-6-13)21-16(15)12-7-9-14(10-8-12)25-18(19)20/h2-11,18H,1H3. The van der Waals surface area contributed by atoms with Gasteiger partial charge in [0.1, 0.15) is 17.0 Å². The van der Waals surface area contributed by atoms with E-state index in [1.165, 1.54) is 19.2 Å². The second-order valence-electron chi connectivity index (χ2n) is 5.07. The van der Waals surface area contributed by atoms with E-state index in [4.69, 9.17) is 4.74 Å². The number of alkyl halides is 2. The molecule has 7 heteroatoms. The van der Waals surface area contributed by atoms with Crippen molar-refractivity contribution >= 4 is 5.97 Å². The summed E-state index contributed by atoms with van der Waals surface area (Å²) in [5.41, 5.74) is 2.02. The fraction of sp³-hybridized carbons (Fsp3) is 0.111. The summed E-state index contributed by atoms with van der Waals surface area (Å²) in [6.07, 6.45) is 1.57. The number of esters is 1. The van der Waals surface area contributed by atoms with Crippen LogP contribution in [0.15, 0.2) is 60.8 Å². The normalized spacial score (nSPS) is 10.7. The van der Waals surface area contributed by atoms with E-state index in [9.17, 15) is 13.6 Å². The number of benzene rings is 2. The van der Waals surface area contributed by atoms with Crippen molar-refractivity contribution in [1.29, 1.82) is 0 Å². The third-order valence-corrected chi connectivity index (χ3v) is 3.49. The quantitative estimate of drug-likeness (QED) is 0.658. The van der Waals surface area contributed by atoms with Crippen LogP contribution in [0.3, 0.4) is 0 Å². The molecular weight excluding hydrogens is 330 g/mol. The Kier molecular flexibility index (Phi) is 4.74. The highest BCUT2D eigenvalue weighted by Gasteiger charge is 2.19. The fourth-order valence-corrected chi connectivity index (χ4v) is 2.35. The van der Waals surface area contributed by atoms with Crippen molar-refractivity contribution in [1.82, 2.24) is 9.78 Å². The van der Waals surface area contributed by atoms with Crippen LogP contribution in [0, 0.1) is 0 Å². The first-order valence-electron chi connectivity index (χ1n) is 7.37. The SMILES string of the molecule is COC(=O)c1cn(-c2ccccc2)nc1-c1ccc(OC(F)F)cc1. The fourth-order valence-electron chi connectivity index (χ4n) is 2.35. The van der Waals surface area contributed by atoms with Gasteiger partial charge in [0.05, 0.1) is 12.8 Å². The van der Waals surface area contributed by atoms with Crippen molar-refractivity contribution in [2.75, 3.05) is 7.11 Å². The number of rotatable bonds is 5. The lowest BCUT2D eigenvalue weighted by atomic mass is 10.1. The molecule has 3 rings (SSSR count). The molecule has 0 aliphatic rings.